The first kappa shape index (κ1) is 31.1. The standard InChI is InChI=1S/C33H41N3O5S/c1-4-26-15-19-29(20-16-26)36(42(39,40)31-13-9-6-10-14-31)24-32(37)35(23-27-17-21-30(41-3)22-18-27)25(2)33(38)34-28-11-7-5-8-12-28/h6,9-10,13-22,25,28H,4-5,7-8,11-12,23-24H2,1-3H3,(H,34,38). The molecule has 1 fully saturated rings. The molecular weight excluding hydrogens is 550 g/mol. The maximum absolute atomic E-state index is 14.1. The molecule has 0 saturated heterocycles. The highest BCUT2D eigenvalue weighted by Crippen LogP contribution is 2.26. The average molecular weight is 592 g/mol. The van der Waals surface area contributed by atoms with Crippen LogP contribution in [0, 0.1) is 0 Å². The van der Waals surface area contributed by atoms with Crippen LogP contribution in [0.2, 0.25) is 0 Å². The first-order valence-corrected chi connectivity index (χ1v) is 16.1. The Morgan fingerprint density at radius 2 is 1.52 bits per heavy atom. The number of sulfonamides is 1. The molecule has 1 aliphatic carbocycles. The number of anilines is 1. The van der Waals surface area contributed by atoms with Crippen LogP contribution in [0.15, 0.2) is 83.8 Å². The summed E-state index contributed by atoms with van der Waals surface area (Å²) < 4.78 is 34.2. The van der Waals surface area contributed by atoms with Crippen LogP contribution in [0.3, 0.4) is 0 Å². The molecule has 1 aliphatic rings. The number of hydrogen-bond acceptors (Lipinski definition) is 5. The Balaban J connectivity index is 1.66. The van der Waals surface area contributed by atoms with Crippen LogP contribution in [0.4, 0.5) is 5.69 Å². The number of ether oxygens (including phenoxy) is 1. The summed E-state index contributed by atoms with van der Waals surface area (Å²) in [6.45, 7) is 3.40. The fraction of sp³-hybridized carbons (Fsp3) is 0.394. The quantitative estimate of drug-likeness (QED) is 0.308. The number of amides is 2. The van der Waals surface area contributed by atoms with Gasteiger partial charge >= 0.3 is 0 Å². The van der Waals surface area contributed by atoms with Gasteiger partial charge in [0.1, 0.15) is 18.3 Å². The minimum atomic E-state index is -4.08. The summed E-state index contributed by atoms with van der Waals surface area (Å²) in [4.78, 5) is 29.1. The van der Waals surface area contributed by atoms with E-state index in [4.69, 9.17) is 4.74 Å². The van der Waals surface area contributed by atoms with Gasteiger partial charge in [-0.15, -0.1) is 0 Å². The molecule has 0 heterocycles. The third-order valence-electron chi connectivity index (χ3n) is 7.87. The van der Waals surface area contributed by atoms with Gasteiger partial charge in [0.25, 0.3) is 10.0 Å². The summed E-state index contributed by atoms with van der Waals surface area (Å²) >= 11 is 0. The van der Waals surface area contributed by atoms with Crippen molar-refractivity contribution in [2.75, 3.05) is 18.0 Å². The van der Waals surface area contributed by atoms with Gasteiger partial charge in [-0.2, -0.15) is 0 Å². The van der Waals surface area contributed by atoms with Gasteiger partial charge in [0, 0.05) is 12.6 Å². The van der Waals surface area contributed by atoms with E-state index in [0.29, 0.717) is 11.4 Å². The molecule has 224 valence electrons. The second kappa shape index (κ2) is 14.4. The Morgan fingerprint density at radius 1 is 0.905 bits per heavy atom. The van der Waals surface area contributed by atoms with Crippen molar-refractivity contribution < 1.29 is 22.7 Å². The van der Waals surface area contributed by atoms with Crippen molar-refractivity contribution in [1.29, 1.82) is 0 Å². The molecule has 0 aromatic heterocycles. The zero-order valence-electron chi connectivity index (χ0n) is 24.7. The highest BCUT2D eigenvalue weighted by atomic mass is 32.2. The largest absolute Gasteiger partial charge is 0.497 e. The van der Waals surface area contributed by atoms with Gasteiger partial charge in [-0.3, -0.25) is 13.9 Å². The number of methoxy groups -OCH3 is 1. The van der Waals surface area contributed by atoms with Gasteiger partial charge in [0.2, 0.25) is 11.8 Å². The molecular formula is C33H41N3O5S. The van der Waals surface area contributed by atoms with Gasteiger partial charge < -0.3 is 15.0 Å². The van der Waals surface area contributed by atoms with E-state index in [1.807, 2.05) is 31.2 Å². The molecule has 8 nitrogen and oxygen atoms in total. The highest BCUT2D eigenvalue weighted by molar-refractivity contribution is 7.92. The van der Waals surface area contributed by atoms with E-state index < -0.39 is 28.5 Å². The number of carbonyl (C=O) groups is 2. The second-order valence-electron chi connectivity index (χ2n) is 10.7. The summed E-state index contributed by atoms with van der Waals surface area (Å²) in [7, 11) is -2.50. The molecule has 3 aromatic carbocycles. The summed E-state index contributed by atoms with van der Waals surface area (Å²) in [6, 6.07) is 21.8. The van der Waals surface area contributed by atoms with E-state index in [1.54, 1.807) is 56.5 Å². The lowest BCUT2D eigenvalue weighted by Gasteiger charge is -2.33. The zero-order chi connectivity index (χ0) is 30.1. The SMILES string of the molecule is CCc1ccc(N(CC(=O)N(Cc2ccc(OC)cc2)C(C)C(=O)NC2CCCCC2)S(=O)(=O)c2ccccc2)cc1. The molecule has 3 aromatic rings. The monoisotopic (exact) mass is 591 g/mol. The van der Waals surface area contributed by atoms with Gasteiger partial charge in [0.15, 0.2) is 0 Å². The van der Waals surface area contributed by atoms with Crippen LogP contribution in [-0.2, 0) is 32.6 Å². The minimum absolute atomic E-state index is 0.0821. The van der Waals surface area contributed by atoms with Crippen LogP contribution >= 0.6 is 0 Å². The molecule has 0 radical (unpaired) electrons. The van der Waals surface area contributed by atoms with E-state index in [-0.39, 0.29) is 23.4 Å². The van der Waals surface area contributed by atoms with Crippen LogP contribution in [0.1, 0.15) is 57.1 Å². The maximum atomic E-state index is 14.1. The fourth-order valence-corrected chi connectivity index (χ4v) is 6.66. The molecule has 1 N–H and O–H groups in total. The normalized spacial score (nSPS) is 14.5. The van der Waals surface area contributed by atoms with Gasteiger partial charge in [-0.05, 0) is 73.7 Å². The third-order valence-corrected chi connectivity index (χ3v) is 9.66. The fourth-order valence-electron chi connectivity index (χ4n) is 5.23. The summed E-state index contributed by atoms with van der Waals surface area (Å²) in [6.07, 6.45) is 5.93. The van der Waals surface area contributed by atoms with E-state index in [0.717, 1.165) is 54.0 Å². The van der Waals surface area contributed by atoms with Crippen molar-refractivity contribution >= 4 is 27.5 Å². The topological polar surface area (TPSA) is 96.0 Å². The lowest BCUT2D eigenvalue weighted by Crippen LogP contribution is -2.53. The lowest BCUT2D eigenvalue weighted by molar-refractivity contribution is -0.139. The van der Waals surface area contributed by atoms with E-state index in [9.17, 15) is 18.0 Å². The lowest BCUT2D eigenvalue weighted by atomic mass is 9.95. The number of nitrogens with zero attached hydrogens (tertiary/aromatic N) is 2. The smallest absolute Gasteiger partial charge is 0.264 e. The van der Waals surface area contributed by atoms with E-state index in [2.05, 4.69) is 5.32 Å². The maximum Gasteiger partial charge on any atom is 0.264 e. The molecule has 2 amide bonds. The van der Waals surface area contributed by atoms with Crippen LogP contribution in [-0.4, -0.2) is 50.9 Å². The minimum Gasteiger partial charge on any atom is -0.497 e. The number of carbonyl (C=O) groups excluding carboxylic acids is 2. The Morgan fingerprint density at radius 3 is 2.12 bits per heavy atom. The third kappa shape index (κ3) is 7.70. The predicted octanol–water partition coefficient (Wildman–Crippen LogP) is 5.32. The molecule has 4 rings (SSSR count). The summed E-state index contributed by atoms with van der Waals surface area (Å²) in [5.74, 6) is -0.0416. The Bertz CT molecular complexity index is 1420. The zero-order valence-corrected chi connectivity index (χ0v) is 25.5. The Kier molecular flexibility index (Phi) is 10.6. The van der Waals surface area contributed by atoms with Crippen molar-refractivity contribution in [3.05, 3.63) is 90.0 Å². The van der Waals surface area contributed by atoms with E-state index in [1.165, 1.54) is 17.0 Å². The second-order valence-corrected chi connectivity index (χ2v) is 12.6. The number of benzene rings is 3. The predicted molar refractivity (Wildman–Crippen MR) is 165 cm³/mol. The van der Waals surface area contributed by atoms with Crippen molar-refractivity contribution in [2.45, 2.75) is 75.9 Å². The molecule has 0 bridgehead atoms. The molecule has 42 heavy (non-hydrogen) atoms. The van der Waals surface area contributed by atoms with E-state index >= 15 is 0 Å². The molecule has 1 atom stereocenters. The van der Waals surface area contributed by atoms with Gasteiger partial charge in [0.05, 0.1) is 17.7 Å². The number of aryl methyl sites for hydroxylation is 1. The number of rotatable bonds is 12. The molecule has 9 heteroatoms. The van der Waals surface area contributed by atoms with Crippen molar-refractivity contribution in [1.82, 2.24) is 10.2 Å². The van der Waals surface area contributed by atoms with Crippen molar-refractivity contribution in [2.24, 2.45) is 0 Å². The van der Waals surface area contributed by atoms with Crippen LogP contribution in [0.5, 0.6) is 5.75 Å². The first-order chi connectivity index (χ1) is 20.2. The van der Waals surface area contributed by atoms with Gasteiger partial charge in [-0.1, -0.05) is 68.7 Å². The number of hydrogen-bond donors (Lipinski definition) is 1. The molecule has 0 spiro atoms. The summed E-state index contributed by atoms with van der Waals surface area (Å²) in [5, 5.41) is 3.13. The van der Waals surface area contributed by atoms with Crippen molar-refractivity contribution in [3.63, 3.8) is 0 Å². The number of nitrogens with one attached hydrogen (secondary N) is 1. The first-order valence-electron chi connectivity index (χ1n) is 14.6. The summed E-state index contributed by atoms with van der Waals surface area (Å²) in [5.41, 5.74) is 2.23. The Labute approximate surface area is 249 Å². The molecule has 1 saturated carbocycles. The van der Waals surface area contributed by atoms with Crippen LogP contribution in [0.25, 0.3) is 0 Å². The molecule has 0 aliphatic heterocycles. The highest BCUT2D eigenvalue weighted by Gasteiger charge is 2.33. The Hall–Kier alpha value is -3.85. The van der Waals surface area contributed by atoms with Crippen molar-refractivity contribution in [3.8, 4) is 5.75 Å². The van der Waals surface area contributed by atoms with Gasteiger partial charge in [-0.25, -0.2) is 8.42 Å². The average Bonchev–Trinajstić information content (AvgIpc) is 3.03. The molecule has 1 unspecified atom stereocenters. The van der Waals surface area contributed by atoms with Crippen LogP contribution < -0.4 is 14.4 Å².